The van der Waals surface area contributed by atoms with E-state index in [1.165, 1.54) is 6.07 Å². The second-order valence-electron chi connectivity index (χ2n) is 6.39. The molecular weight excluding hydrogens is 297 g/mol. The number of nitrogens with zero attached hydrogens (tertiary/aromatic N) is 1. The van der Waals surface area contributed by atoms with Crippen LogP contribution in [0, 0.1) is 5.82 Å². The van der Waals surface area contributed by atoms with Gasteiger partial charge in [-0.3, -0.25) is 4.90 Å². The third kappa shape index (κ3) is 5.84. The van der Waals surface area contributed by atoms with E-state index in [0.717, 1.165) is 26.1 Å². The van der Waals surface area contributed by atoms with Crippen molar-refractivity contribution in [2.24, 2.45) is 0 Å². The molecule has 1 atom stereocenters. The summed E-state index contributed by atoms with van der Waals surface area (Å²) in [5, 5.41) is 10.3. The molecule has 1 aliphatic heterocycles. The number of aliphatic hydroxyl groups excluding tert-OH is 1. The van der Waals surface area contributed by atoms with Gasteiger partial charge in [0.1, 0.15) is 5.82 Å². The Labute approximate surface area is 138 Å². The first-order valence-electron chi connectivity index (χ1n) is 8.40. The van der Waals surface area contributed by atoms with Crippen LogP contribution in [0.1, 0.15) is 32.3 Å². The van der Waals surface area contributed by atoms with Crippen molar-refractivity contribution in [2.45, 2.75) is 51.5 Å². The smallest absolute Gasteiger partial charge is 0.128 e. The lowest BCUT2D eigenvalue weighted by atomic mass is 10.0. The molecule has 0 aromatic heterocycles. The highest BCUT2D eigenvalue weighted by Crippen LogP contribution is 2.18. The van der Waals surface area contributed by atoms with E-state index in [4.69, 9.17) is 9.47 Å². The van der Waals surface area contributed by atoms with Gasteiger partial charge in [-0.15, -0.1) is 0 Å². The lowest BCUT2D eigenvalue weighted by molar-refractivity contribution is -0.0266. The second-order valence-corrected chi connectivity index (χ2v) is 6.39. The molecule has 1 aromatic rings. The number of hydrogen-bond acceptors (Lipinski definition) is 4. The van der Waals surface area contributed by atoms with Crippen molar-refractivity contribution in [3.05, 3.63) is 35.6 Å². The molecule has 1 unspecified atom stereocenters. The van der Waals surface area contributed by atoms with Crippen LogP contribution in [0.5, 0.6) is 0 Å². The number of ether oxygens (including phenoxy) is 2. The molecular formula is C18H28FNO3. The molecule has 1 fully saturated rings. The van der Waals surface area contributed by atoms with E-state index in [1.807, 2.05) is 0 Å². The summed E-state index contributed by atoms with van der Waals surface area (Å²) in [6.45, 7) is 6.81. The predicted molar refractivity (Wildman–Crippen MR) is 87.7 cm³/mol. The van der Waals surface area contributed by atoms with Crippen LogP contribution in [-0.2, 0) is 16.1 Å². The third-order valence-corrected chi connectivity index (χ3v) is 4.27. The molecule has 23 heavy (non-hydrogen) atoms. The van der Waals surface area contributed by atoms with Crippen molar-refractivity contribution < 1.29 is 19.0 Å². The largest absolute Gasteiger partial charge is 0.389 e. The summed E-state index contributed by atoms with van der Waals surface area (Å²) >= 11 is 0. The van der Waals surface area contributed by atoms with Gasteiger partial charge in [0.25, 0.3) is 0 Å². The summed E-state index contributed by atoms with van der Waals surface area (Å²) in [6.07, 6.45) is 1.43. The normalized spacial score (nSPS) is 17.8. The van der Waals surface area contributed by atoms with E-state index < -0.39 is 6.10 Å². The maximum absolute atomic E-state index is 13.5. The first-order valence-corrected chi connectivity index (χ1v) is 8.40. The van der Waals surface area contributed by atoms with Crippen LogP contribution in [0.15, 0.2) is 24.3 Å². The number of rotatable bonds is 8. The first kappa shape index (κ1) is 18.3. The summed E-state index contributed by atoms with van der Waals surface area (Å²) in [7, 11) is 0. The van der Waals surface area contributed by atoms with Crippen LogP contribution in [0.2, 0.25) is 0 Å². The molecule has 5 heteroatoms. The Morgan fingerprint density at radius 1 is 1.30 bits per heavy atom. The van der Waals surface area contributed by atoms with Crippen molar-refractivity contribution in [3.8, 4) is 0 Å². The van der Waals surface area contributed by atoms with Crippen LogP contribution in [0.4, 0.5) is 4.39 Å². The number of hydrogen-bond donors (Lipinski definition) is 1. The summed E-state index contributed by atoms with van der Waals surface area (Å²) in [5.41, 5.74) is 0.518. The average Bonchev–Trinajstić information content (AvgIpc) is 2.55. The monoisotopic (exact) mass is 325 g/mol. The van der Waals surface area contributed by atoms with Gasteiger partial charge < -0.3 is 14.6 Å². The van der Waals surface area contributed by atoms with Gasteiger partial charge in [0.15, 0.2) is 0 Å². The Bertz CT molecular complexity index is 463. The molecule has 1 heterocycles. The highest BCUT2D eigenvalue weighted by atomic mass is 19.1. The SMILES string of the molecule is CC(C)N(CC(O)COCc1ccccc1F)C1CCOCC1. The molecule has 0 amide bonds. The fourth-order valence-electron chi connectivity index (χ4n) is 3.01. The van der Waals surface area contributed by atoms with Crippen molar-refractivity contribution in [3.63, 3.8) is 0 Å². The van der Waals surface area contributed by atoms with E-state index in [2.05, 4.69) is 18.7 Å². The van der Waals surface area contributed by atoms with Crippen molar-refractivity contribution in [1.29, 1.82) is 0 Å². The molecule has 4 nitrogen and oxygen atoms in total. The maximum Gasteiger partial charge on any atom is 0.128 e. The number of halogens is 1. The minimum absolute atomic E-state index is 0.183. The summed E-state index contributed by atoms with van der Waals surface area (Å²) in [6, 6.07) is 7.36. The molecule has 1 N–H and O–H groups in total. The lowest BCUT2D eigenvalue weighted by Crippen LogP contribution is -2.47. The standard InChI is InChI=1S/C18H28FNO3/c1-14(2)20(16-7-9-22-10-8-16)11-17(21)13-23-12-15-5-3-4-6-18(15)19/h3-6,14,16-17,21H,7-13H2,1-2H3. The fourth-order valence-corrected chi connectivity index (χ4v) is 3.01. The number of benzene rings is 1. The molecule has 2 rings (SSSR count). The average molecular weight is 325 g/mol. The van der Waals surface area contributed by atoms with E-state index in [0.29, 0.717) is 24.2 Å². The Morgan fingerprint density at radius 3 is 2.65 bits per heavy atom. The second kappa shape index (κ2) is 9.33. The Balaban J connectivity index is 1.77. The fraction of sp³-hybridized carbons (Fsp3) is 0.667. The summed E-state index contributed by atoms with van der Waals surface area (Å²) < 4.78 is 24.4. The van der Waals surface area contributed by atoms with Crippen LogP contribution < -0.4 is 0 Å². The van der Waals surface area contributed by atoms with Gasteiger partial charge in [-0.1, -0.05) is 18.2 Å². The van der Waals surface area contributed by atoms with E-state index in [1.54, 1.807) is 18.2 Å². The van der Waals surface area contributed by atoms with Crippen molar-refractivity contribution in [1.82, 2.24) is 4.90 Å². The Hall–Kier alpha value is -1.01. The van der Waals surface area contributed by atoms with E-state index >= 15 is 0 Å². The zero-order valence-electron chi connectivity index (χ0n) is 14.1. The third-order valence-electron chi connectivity index (χ3n) is 4.27. The quantitative estimate of drug-likeness (QED) is 0.798. The van der Waals surface area contributed by atoms with Gasteiger partial charge >= 0.3 is 0 Å². The first-order chi connectivity index (χ1) is 11.1. The highest BCUT2D eigenvalue weighted by molar-refractivity contribution is 5.16. The van der Waals surface area contributed by atoms with Crippen molar-refractivity contribution >= 4 is 0 Å². The zero-order valence-corrected chi connectivity index (χ0v) is 14.1. The highest BCUT2D eigenvalue weighted by Gasteiger charge is 2.25. The summed E-state index contributed by atoms with van der Waals surface area (Å²) in [5.74, 6) is -0.270. The van der Waals surface area contributed by atoms with Gasteiger partial charge in [0, 0.05) is 37.4 Å². The molecule has 130 valence electrons. The van der Waals surface area contributed by atoms with Gasteiger partial charge in [0.05, 0.1) is 19.3 Å². The van der Waals surface area contributed by atoms with Crippen LogP contribution in [0.3, 0.4) is 0 Å². The Kier molecular flexibility index (Phi) is 7.43. The number of aliphatic hydroxyl groups is 1. The minimum Gasteiger partial charge on any atom is -0.389 e. The molecule has 0 aliphatic carbocycles. The van der Waals surface area contributed by atoms with Gasteiger partial charge in [0.2, 0.25) is 0 Å². The molecule has 0 bridgehead atoms. The lowest BCUT2D eigenvalue weighted by Gasteiger charge is -2.38. The van der Waals surface area contributed by atoms with Crippen LogP contribution in [0.25, 0.3) is 0 Å². The van der Waals surface area contributed by atoms with E-state index in [9.17, 15) is 9.50 Å². The Morgan fingerprint density at radius 2 is 2.00 bits per heavy atom. The van der Waals surface area contributed by atoms with Gasteiger partial charge in [-0.05, 0) is 32.8 Å². The van der Waals surface area contributed by atoms with Crippen molar-refractivity contribution in [2.75, 3.05) is 26.4 Å². The summed E-state index contributed by atoms with van der Waals surface area (Å²) in [4.78, 5) is 2.32. The van der Waals surface area contributed by atoms with E-state index in [-0.39, 0.29) is 19.0 Å². The minimum atomic E-state index is -0.577. The predicted octanol–water partition coefficient (Wildman–Crippen LogP) is 2.59. The topological polar surface area (TPSA) is 41.9 Å². The molecule has 1 aromatic carbocycles. The molecule has 1 saturated heterocycles. The van der Waals surface area contributed by atoms with Crippen LogP contribution >= 0.6 is 0 Å². The van der Waals surface area contributed by atoms with Gasteiger partial charge in [-0.25, -0.2) is 4.39 Å². The van der Waals surface area contributed by atoms with Gasteiger partial charge in [-0.2, -0.15) is 0 Å². The van der Waals surface area contributed by atoms with Crippen LogP contribution in [-0.4, -0.2) is 54.6 Å². The zero-order chi connectivity index (χ0) is 16.7. The maximum atomic E-state index is 13.5. The molecule has 1 aliphatic rings. The molecule has 0 spiro atoms. The molecule has 0 radical (unpaired) electrons. The molecule has 0 saturated carbocycles.